The van der Waals surface area contributed by atoms with Crippen LogP contribution < -0.4 is 0 Å². The summed E-state index contributed by atoms with van der Waals surface area (Å²) < 4.78 is 7.91. The fourth-order valence-electron chi connectivity index (χ4n) is 3.64. The maximum Gasteiger partial charge on any atom is 0.270 e. The molecule has 3 atom stereocenters. The summed E-state index contributed by atoms with van der Waals surface area (Å²) in [6, 6.07) is 4.11. The molecule has 1 aromatic rings. The number of hydrogen-bond donors (Lipinski definition) is 0. The SMILES string of the molecule is CN(C)[C@@H]1CN(C(=O)c2cccn2C)C[C@@H]2CCCO[C@@H]21. The van der Waals surface area contributed by atoms with Crippen LogP contribution in [0.4, 0.5) is 0 Å². The zero-order chi connectivity index (χ0) is 15.0. The van der Waals surface area contributed by atoms with Gasteiger partial charge in [-0.15, -0.1) is 0 Å². The molecule has 5 nitrogen and oxygen atoms in total. The van der Waals surface area contributed by atoms with Crippen molar-refractivity contribution in [2.45, 2.75) is 25.0 Å². The highest BCUT2D eigenvalue weighted by molar-refractivity contribution is 5.92. The number of aromatic nitrogens is 1. The Hall–Kier alpha value is -1.33. The van der Waals surface area contributed by atoms with Crippen LogP contribution in [-0.4, -0.2) is 66.2 Å². The van der Waals surface area contributed by atoms with Crippen molar-refractivity contribution in [3.05, 3.63) is 24.0 Å². The maximum atomic E-state index is 12.8. The molecule has 0 saturated carbocycles. The number of hydrogen-bond acceptors (Lipinski definition) is 3. The van der Waals surface area contributed by atoms with Crippen molar-refractivity contribution in [3.8, 4) is 0 Å². The van der Waals surface area contributed by atoms with Crippen molar-refractivity contribution >= 4 is 5.91 Å². The van der Waals surface area contributed by atoms with Crippen molar-refractivity contribution in [3.63, 3.8) is 0 Å². The van der Waals surface area contributed by atoms with Gasteiger partial charge in [0.25, 0.3) is 5.91 Å². The van der Waals surface area contributed by atoms with E-state index in [0.717, 1.165) is 38.2 Å². The summed E-state index contributed by atoms with van der Waals surface area (Å²) in [5, 5.41) is 0. The van der Waals surface area contributed by atoms with Gasteiger partial charge in [-0.2, -0.15) is 0 Å². The third-order valence-electron chi connectivity index (χ3n) is 4.85. The number of ether oxygens (including phenoxy) is 1. The minimum Gasteiger partial charge on any atom is -0.376 e. The molecule has 0 radical (unpaired) electrons. The van der Waals surface area contributed by atoms with Gasteiger partial charge in [0.05, 0.1) is 12.1 Å². The smallest absolute Gasteiger partial charge is 0.270 e. The van der Waals surface area contributed by atoms with Gasteiger partial charge >= 0.3 is 0 Å². The minimum atomic E-state index is 0.137. The normalized spacial score (nSPS) is 29.5. The van der Waals surface area contributed by atoms with Gasteiger partial charge in [0.1, 0.15) is 5.69 Å². The lowest BCUT2D eigenvalue weighted by Crippen LogP contribution is -2.60. The molecule has 0 aliphatic carbocycles. The molecule has 2 aliphatic heterocycles. The molecule has 2 aliphatic rings. The summed E-state index contributed by atoms with van der Waals surface area (Å²) in [5.41, 5.74) is 0.766. The molecule has 3 heterocycles. The Morgan fingerprint density at radius 1 is 1.38 bits per heavy atom. The number of carbonyl (C=O) groups is 1. The molecule has 0 spiro atoms. The molecule has 0 aromatic carbocycles. The van der Waals surface area contributed by atoms with Crippen LogP contribution >= 0.6 is 0 Å². The highest BCUT2D eigenvalue weighted by Crippen LogP contribution is 2.31. The molecule has 21 heavy (non-hydrogen) atoms. The van der Waals surface area contributed by atoms with Gasteiger partial charge in [0, 0.05) is 38.9 Å². The van der Waals surface area contributed by atoms with E-state index in [4.69, 9.17) is 4.74 Å². The number of carbonyl (C=O) groups excluding carboxylic acids is 1. The second-order valence-corrected chi connectivity index (χ2v) is 6.48. The summed E-state index contributed by atoms with van der Waals surface area (Å²) in [6.07, 6.45) is 4.46. The van der Waals surface area contributed by atoms with Crippen LogP contribution in [-0.2, 0) is 11.8 Å². The van der Waals surface area contributed by atoms with Crippen molar-refractivity contribution in [2.24, 2.45) is 13.0 Å². The second-order valence-electron chi connectivity index (χ2n) is 6.48. The molecule has 0 bridgehead atoms. The molecule has 2 saturated heterocycles. The van der Waals surface area contributed by atoms with Gasteiger partial charge in [-0.3, -0.25) is 4.79 Å². The monoisotopic (exact) mass is 291 g/mol. The van der Waals surface area contributed by atoms with Crippen LogP contribution in [0.5, 0.6) is 0 Å². The molecule has 2 fully saturated rings. The Bertz CT molecular complexity index is 511. The quantitative estimate of drug-likeness (QED) is 0.822. The lowest BCUT2D eigenvalue weighted by molar-refractivity contribution is -0.0998. The number of aryl methyl sites for hydroxylation is 1. The van der Waals surface area contributed by atoms with E-state index < -0.39 is 0 Å². The van der Waals surface area contributed by atoms with E-state index in [0.29, 0.717) is 5.92 Å². The highest BCUT2D eigenvalue weighted by Gasteiger charge is 2.41. The van der Waals surface area contributed by atoms with Crippen LogP contribution in [0, 0.1) is 5.92 Å². The Morgan fingerprint density at radius 2 is 2.19 bits per heavy atom. The van der Waals surface area contributed by atoms with Crippen LogP contribution in [0.15, 0.2) is 18.3 Å². The minimum absolute atomic E-state index is 0.137. The average molecular weight is 291 g/mol. The molecule has 1 amide bonds. The van der Waals surface area contributed by atoms with Crippen LogP contribution in [0.1, 0.15) is 23.3 Å². The standard InChI is InChI=1S/C16H25N3O2/c1-17(2)14-11-19(10-12-6-5-9-21-15(12)14)16(20)13-7-4-8-18(13)3/h4,7-8,12,14-15H,5-6,9-11H2,1-3H3/t12-,14+,15-/m0/s1. The number of likely N-dealkylation sites (tertiary alicyclic amines) is 1. The molecule has 0 unspecified atom stereocenters. The Labute approximate surface area is 126 Å². The van der Waals surface area contributed by atoms with Gasteiger partial charge in [0.15, 0.2) is 0 Å². The van der Waals surface area contributed by atoms with E-state index >= 15 is 0 Å². The summed E-state index contributed by atoms with van der Waals surface area (Å²) in [5.74, 6) is 0.600. The maximum absolute atomic E-state index is 12.8. The zero-order valence-electron chi connectivity index (χ0n) is 13.2. The number of nitrogens with zero attached hydrogens (tertiary/aromatic N) is 3. The van der Waals surface area contributed by atoms with Crippen LogP contribution in [0.3, 0.4) is 0 Å². The predicted octanol–water partition coefficient (Wildman–Crippen LogP) is 1.21. The fraction of sp³-hybridized carbons (Fsp3) is 0.688. The van der Waals surface area contributed by atoms with E-state index in [2.05, 4.69) is 19.0 Å². The third-order valence-corrected chi connectivity index (χ3v) is 4.85. The van der Waals surface area contributed by atoms with Gasteiger partial charge in [-0.25, -0.2) is 0 Å². The first-order valence-corrected chi connectivity index (χ1v) is 7.76. The van der Waals surface area contributed by atoms with Crippen molar-refractivity contribution in [2.75, 3.05) is 33.8 Å². The lowest BCUT2D eigenvalue weighted by Gasteiger charge is -2.47. The average Bonchev–Trinajstić information content (AvgIpc) is 2.91. The Morgan fingerprint density at radius 3 is 2.86 bits per heavy atom. The number of likely N-dealkylation sites (N-methyl/N-ethyl adjacent to an activating group) is 1. The molecule has 116 valence electrons. The van der Waals surface area contributed by atoms with E-state index in [1.54, 1.807) is 0 Å². The summed E-state index contributed by atoms with van der Waals surface area (Å²) in [6.45, 7) is 2.43. The van der Waals surface area contributed by atoms with E-state index in [9.17, 15) is 4.79 Å². The molecule has 3 rings (SSSR count). The number of piperidine rings is 1. The first-order valence-electron chi connectivity index (χ1n) is 7.76. The fourth-order valence-corrected chi connectivity index (χ4v) is 3.64. The van der Waals surface area contributed by atoms with Crippen molar-refractivity contribution < 1.29 is 9.53 Å². The topological polar surface area (TPSA) is 37.7 Å². The summed E-state index contributed by atoms with van der Waals surface area (Å²) in [7, 11) is 6.08. The first-order chi connectivity index (χ1) is 10.1. The highest BCUT2D eigenvalue weighted by atomic mass is 16.5. The predicted molar refractivity (Wildman–Crippen MR) is 81.3 cm³/mol. The molecule has 1 aromatic heterocycles. The van der Waals surface area contributed by atoms with Gasteiger partial charge in [-0.1, -0.05) is 0 Å². The van der Waals surface area contributed by atoms with E-state index in [-0.39, 0.29) is 18.1 Å². The van der Waals surface area contributed by atoms with E-state index in [1.165, 1.54) is 0 Å². The number of rotatable bonds is 2. The summed E-state index contributed by atoms with van der Waals surface area (Å²) >= 11 is 0. The van der Waals surface area contributed by atoms with Gasteiger partial charge < -0.3 is 19.1 Å². The van der Waals surface area contributed by atoms with Crippen molar-refractivity contribution in [1.29, 1.82) is 0 Å². The molecule has 0 N–H and O–H groups in total. The Kier molecular flexibility index (Phi) is 4.04. The summed E-state index contributed by atoms with van der Waals surface area (Å²) in [4.78, 5) is 17.0. The number of amides is 1. The third kappa shape index (κ3) is 2.72. The largest absolute Gasteiger partial charge is 0.376 e. The molecule has 5 heteroatoms. The zero-order valence-corrected chi connectivity index (χ0v) is 13.2. The van der Waals surface area contributed by atoms with Crippen molar-refractivity contribution in [1.82, 2.24) is 14.4 Å². The second kappa shape index (κ2) is 5.81. The van der Waals surface area contributed by atoms with Crippen LogP contribution in [0.2, 0.25) is 0 Å². The molecular weight excluding hydrogens is 266 g/mol. The van der Waals surface area contributed by atoms with Gasteiger partial charge in [-0.05, 0) is 39.1 Å². The van der Waals surface area contributed by atoms with Crippen LogP contribution in [0.25, 0.3) is 0 Å². The Balaban J connectivity index is 1.80. The first kappa shape index (κ1) is 14.6. The number of fused-ring (bicyclic) bond motifs is 1. The van der Waals surface area contributed by atoms with Gasteiger partial charge in [0.2, 0.25) is 0 Å². The molecular formula is C16H25N3O2. The lowest BCUT2D eigenvalue weighted by atomic mass is 9.85. The van der Waals surface area contributed by atoms with E-state index in [1.807, 2.05) is 34.8 Å².